The summed E-state index contributed by atoms with van der Waals surface area (Å²) < 4.78 is 40.9. The zero-order valence-corrected chi connectivity index (χ0v) is 12.6. The van der Waals surface area contributed by atoms with Crippen LogP contribution in [0.3, 0.4) is 0 Å². The molecule has 2 aromatic carbocycles. The second kappa shape index (κ2) is 6.04. The molecule has 3 aromatic rings. The van der Waals surface area contributed by atoms with Crippen LogP contribution >= 0.6 is 0 Å². The van der Waals surface area contributed by atoms with E-state index in [2.05, 4.69) is 9.72 Å². The van der Waals surface area contributed by atoms with Gasteiger partial charge in [-0.1, -0.05) is 12.1 Å². The molecule has 1 aromatic heterocycles. The summed E-state index contributed by atoms with van der Waals surface area (Å²) in [6.45, 7) is 0. The maximum Gasteiger partial charge on any atom is 0.573 e. The van der Waals surface area contributed by atoms with Crippen LogP contribution in [0.4, 0.5) is 13.2 Å². The van der Waals surface area contributed by atoms with Gasteiger partial charge in [0.05, 0.1) is 11.9 Å². The van der Waals surface area contributed by atoms with Crippen molar-refractivity contribution in [2.45, 2.75) is 12.8 Å². The van der Waals surface area contributed by atoms with Crippen molar-refractivity contribution in [3.05, 3.63) is 48.2 Å². The Bertz CT molecular complexity index is 947. The Kier molecular flexibility index (Phi) is 4.03. The van der Waals surface area contributed by atoms with Crippen molar-refractivity contribution in [2.24, 2.45) is 0 Å². The van der Waals surface area contributed by atoms with E-state index < -0.39 is 12.3 Å². The van der Waals surface area contributed by atoms with Gasteiger partial charge >= 0.3 is 12.3 Å². The molecule has 0 amide bonds. The Morgan fingerprint density at radius 2 is 1.92 bits per heavy atom. The number of aromatic nitrogens is 1. The van der Waals surface area contributed by atoms with Gasteiger partial charge in [0.1, 0.15) is 11.5 Å². The van der Waals surface area contributed by atoms with Crippen molar-refractivity contribution in [1.29, 1.82) is 0 Å². The number of carboxylic acid groups (broad SMARTS) is 1. The first-order valence-corrected chi connectivity index (χ1v) is 7.14. The Hall–Kier alpha value is -3.16. The predicted molar refractivity (Wildman–Crippen MR) is 83.4 cm³/mol. The predicted octanol–water partition coefficient (Wildman–Crippen LogP) is 4.07. The number of nitrogens with one attached hydrogen (secondary N) is 1. The molecular weight excluding hydrogens is 339 g/mol. The van der Waals surface area contributed by atoms with Crippen LogP contribution in [-0.4, -0.2) is 27.5 Å². The molecule has 0 aliphatic heterocycles. The lowest BCUT2D eigenvalue weighted by atomic mass is 10.0. The number of ether oxygens (including phenoxy) is 1. The van der Waals surface area contributed by atoms with Crippen LogP contribution in [0.15, 0.2) is 42.6 Å². The molecule has 0 radical (unpaired) electrons. The molecule has 0 atom stereocenters. The number of carboxylic acids is 1. The minimum absolute atomic E-state index is 0.160. The standard InChI is InChI=1S/C17H12F3NO4/c18-17(19,20)25-12-3-1-2-9(4-12)10-5-13-16(14(22)6-10)11(8-21-13)7-15(23)24/h1-6,8,21-22H,7H2,(H,23,24). The van der Waals surface area contributed by atoms with E-state index in [1.807, 2.05) is 0 Å². The van der Waals surface area contributed by atoms with E-state index in [9.17, 15) is 23.1 Å². The van der Waals surface area contributed by atoms with Gasteiger partial charge in [0.2, 0.25) is 0 Å². The van der Waals surface area contributed by atoms with E-state index in [1.165, 1.54) is 30.5 Å². The molecule has 0 saturated heterocycles. The number of fused-ring (bicyclic) bond motifs is 1. The van der Waals surface area contributed by atoms with Gasteiger partial charge in [-0.25, -0.2) is 0 Å². The number of benzene rings is 2. The summed E-state index contributed by atoms with van der Waals surface area (Å²) in [4.78, 5) is 13.7. The minimum Gasteiger partial charge on any atom is -0.507 e. The summed E-state index contributed by atoms with van der Waals surface area (Å²) in [5.41, 5.74) is 1.77. The number of aliphatic carboxylic acids is 1. The molecule has 0 spiro atoms. The highest BCUT2D eigenvalue weighted by atomic mass is 19.4. The van der Waals surface area contributed by atoms with Crippen molar-refractivity contribution >= 4 is 16.9 Å². The third kappa shape index (κ3) is 3.68. The number of rotatable bonds is 4. The molecular formula is C17H12F3NO4. The lowest BCUT2D eigenvalue weighted by Gasteiger charge is -2.10. The topological polar surface area (TPSA) is 82.5 Å². The van der Waals surface area contributed by atoms with E-state index in [0.29, 0.717) is 27.6 Å². The fourth-order valence-electron chi connectivity index (χ4n) is 2.66. The van der Waals surface area contributed by atoms with Crippen molar-refractivity contribution in [1.82, 2.24) is 4.98 Å². The number of aromatic hydroxyl groups is 1. The molecule has 0 unspecified atom stereocenters. The fourth-order valence-corrected chi connectivity index (χ4v) is 2.66. The second-order valence-corrected chi connectivity index (χ2v) is 5.38. The third-order valence-electron chi connectivity index (χ3n) is 3.58. The summed E-state index contributed by atoms with van der Waals surface area (Å²) >= 11 is 0. The molecule has 0 aliphatic rings. The molecule has 130 valence electrons. The molecule has 3 rings (SSSR count). The second-order valence-electron chi connectivity index (χ2n) is 5.38. The number of halogens is 3. The fraction of sp³-hybridized carbons (Fsp3) is 0.118. The molecule has 0 saturated carbocycles. The average Bonchev–Trinajstić information content (AvgIpc) is 2.88. The summed E-state index contributed by atoms with van der Waals surface area (Å²) in [5, 5.41) is 19.5. The first kappa shape index (κ1) is 16.7. The molecule has 0 bridgehead atoms. The number of phenols is 1. The van der Waals surface area contributed by atoms with E-state index in [1.54, 1.807) is 12.1 Å². The van der Waals surface area contributed by atoms with E-state index >= 15 is 0 Å². The van der Waals surface area contributed by atoms with E-state index in [-0.39, 0.29) is 17.9 Å². The number of phenolic OH excluding ortho intramolecular Hbond substituents is 1. The van der Waals surface area contributed by atoms with Gasteiger partial charge in [-0.3, -0.25) is 4.79 Å². The molecule has 8 heteroatoms. The van der Waals surface area contributed by atoms with Gasteiger partial charge in [0.25, 0.3) is 0 Å². The summed E-state index contributed by atoms with van der Waals surface area (Å²) in [7, 11) is 0. The summed E-state index contributed by atoms with van der Waals surface area (Å²) in [6.07, 6.45) is -3.58. The Morgan fingerprint density at radius 1 is 1.16 bits per heavy atom. The first-order valence-electron chi connectivity index (χ1n) is 7.14. The van der Waals surface area contributed by atoms with Crippen LogP contribution < -0.4 is 4.74 Å². The number of hydrogen-bond donors (Lipinski definition) is 3. The van der Waals surface area contributed by atoms with Gasteiger partial charge < -0.3 is 19.9 Å². The van der Waals surface area contributed by atoms with Crippen molar-refractivity contribution in [2.75, 3.05) is 0 Å². The Balaban J connectivity index is 2.02. The van der Waals surface area contributed by atoms with Gasteiger partial charge in [-0.05, 0) is 41.0 Å². The number of H-pyrrole nitrogens is 1. The maximum atomic E-state index is 12.3. The van der Waals surface area contributed by atoms with Crippen molar-refractivity contribution in [3.8, 4) is 22.6 Å². The lowest BCUT2D eigenvalue weighted by Crippen LogP contribution is -2.17. The van der Waals surface area contributed by atoms with Crippen LogP contribution in [0, 0.1) is 0 Å². The molecule has 1 heterocycles. The van der Waals surface area contributed by atoms with Crippen LogP contribution in [0.5, 0.6) is 11.5 Å². The van der Waals surface area contributed by atoms with Crippen LogP contribution in [0.1, 0.15) is 5.56 Å². The number of carbonyl (C=O) groups is 1. The quantitative estimate of drug-likeness (QED) is 0.662. The van der Waals surface area contributed by atoms with Gasteiger partial charge in [-0.2, -0.15) is 0 Å². The van der Waals surface area contributed by atoms with Crippen molar-refractivity contribution < 1.29 is 32.9 Å². The van der Waals surface area contributed by atoms with Gasteiger partial charge in [-0.15, -0.1) is 13.2 Å². The average molecular weight is 351 g/mol. The lowest BCUT2D eigenvalue weighted by molar-refractivity contribution is -0.274. The molecule has 0 fully saturated rings. The van der Waals surface area contributed by atoms with E-state index in [0.717, 1.165) is 0 Å². The highest BCUT2D eigenvalue weighted by Gasteiger charge is 2.31. The normalized spacial score (nSPS) is 11.6. The highest BCUT2D eigenvalue weighted by Crippen LogP contribution is 2.35. The first-order chi connectivity index (χ1) is 11.7. The summed E-state index contributed by atoms with van der Waals surface area (Å²) in [5.74, 6) is -1.57. The number of alkyl halides is 3. The molecule has 3 N–H and O–H groups in total. The van der Waals surface area contributed by atoms with Gasteiger partial charge in [0, 0.05) is 11.6 Å². The Labute approximate surface area is 139 Å². The maximum absolute atomic E-state index is 12.3. The largest absolute Gasteiger partial charge is 0.573 e. The number of aromatic amines is 1. The summed E-state index contributed by atoms with van der Waals surface area (Å²) in [6, 6.07) is 8.35. The molecule has 5 nitrogen and oxygen atoms in total. The minimum atomic E-state index is -4.80. The van der Waals surface area contributed by atoms with Crippen molar-refractivity contribution in [3.63, 3.8) is 0 Å². The zero-order chi connectivity index (χ0) is 18.2. The Morgan fingerprint density at radius 3 is 2.60 bits per heavy atom. The molecule has 25 heavy (non-hydrogen) atoms. The zero-order valence-electron chi connectivity index (χ0n) is 12.6. The third-order valence-corrected chi connectivity index (χ3v) is 3.58. The van der Waals surface area contributed by atoms with E-state index in [4.69, 9.17) is 5.11 Å². The van der Waals surface area contributed by atoms with Crippen LogP contribution in [-0.2, 0) is 11.2 Å². The SMILES string of the molecule is O=C(O)Cc1c[nH]c2cc(-c3cccc(OC(F)(F)F)c3)cc(O)c12. The number of hydrogen-bond acceptors (Lipinski definition) is 3. The smallest absolute Gasteiger partial charge is 0.507 e. The monoisotopic (exact) mass is 351 g/mol. The highest BCUT2D eigenvalue weighted by molar-refractivity contribution is 5.95. The van der Waals surface area contributed by atoms with Crippen LogP contribution in [0.2, 0.25) is 0 Å². The van der Waals surface area contributed by atoms with Gasteiger partial charge in [0.15, 0.2) is 0 Å². The molecule has 0 aliphatic carbocycles. The van der Waals surface area contributed by atoms with Crippen LogP contribution in [0.25, 0.3) is 22.0 Å².